The third-order valence-electron chi connectivity index (χ3n) is 5.06. The molecule has 0 spiro atoms. The van der Waals surface area contributed by atoms with Crippen molar-refractivity contribution in [3.8, 4) is 16.9 Å². The molecular weight excluding hydrogens is 336 g/mol. The molecule has 0 aliphatic carbocycles. The minimum atomic E-state index is -0.371. The number of carbonyl (C=O) groups is 1. The highest BCUT2D eigenvalue weighted by Gasteiger charge is 2.23. The van der Waals surface area contributed by atoms with Crippen molar-refractivity contribution in [2.24, 2.45) is 5.73 Å². The Hall–Kier alpha value is -3.01. The zero-order valence-electron chi connectivity index (χ0n) is 16.2. The first-order valence-electron chi connectivity index (χ1n) is 9.26. The van der Waals surface area contributed by atoms with Gasteiger partial charge in [0.2, 0.25) is 0 Å². The summed E-state index contributed by atoms with van der Waals surface area (Å²) in [7, 11) is 1.67. The smallest absolute Gasteiger partial charge is 0.251 e. The Bertz CT molecular complexity index is 925. The van der Waals surface area contributed by atoms with Gasteiger partial charge in [-0.1, -0.05) is 49.4 Å². The van der Waals surface area contributed by atoms with E-state index in [9.17, 15) is 4.79 Å². The minimum absolute atomic E-state index is 0.371. The summed E-state index contributed by atoms with van der Waals surface area (Å²) in [6.07, 6.45) is 1.71. The maximum atomic E-state index is 12.2. The van der Waals surface area contributed by atoms with E-state index in [1.165, 1.54) is 5.56 Å². The molecule has 2 N–H and O–H groups in total. The van der Waals surface area contributed by atoms with Crippen LogP contribution in [-0.2, 0) is 19.4 Å². The molecule has 1 aromatic heterocycles. The summed E-state index contributed by atoms with van der Waals surface area (Å²) in [6, 6.07) is 18.1. The number of amides is 1. The van der Waals surface area contributed by atoms with Crippen LogP contribution in [0.3, 0.4) is 0 Å². The number of hydrogen-bond acceptors (Lipinski definition) is 2. The highest BCUT2D eigenvalue weighted by molar-refractivity contribution is 6.02. The van der Waals surface area contributed by atoms with Gasteiger partial charge in [-0.25, -0.2) is 0 Å². The summed E-state index contributed by atoms with van der Waals surface area (Å²) in [5.74, 6) is 0.483. The average molecular weight is 362 g/mol. The van der Waals surface area contributed by atoms with Crippen LogP contribution in [0.15, 0.2) is 54.6 Å². The van der Waals surface area contributed by atoms with Crippen LogP contribution in [0, 0.1) is 6.92 Å². The molecule has 0 saturated heterocycles. The zero-order valence-corrected chi connectivity index (χ0v) is 16.2. The van der Waals surface area contributed by atoms with Crippen LogP contribution in [0.1, 0.15) is 34.2 Å². The van der Waals surface area contributed by atoms with Crippen LogP contribution in [0.4, 0.5) is 0 Å². The Morgan fingerprint density at radius 1 is 1.07 bits per heavy atom. The summed E-state index contributed by atoms with van der Waals surface area (Å²) < 4.78 is 7.47. The van der Waals surface area contributed by atoms with Crippen LogP contribution < -0.4 is 10.5 Å². The second kappa shape index (κ2) is 8.12. The number of primary amides is 1. The van der Waals surface area contributed by atoms with Crippen molar-refractivity contribution < 1.29 is 9.53 Å². The quantitative estimate of drug-likeness (QED) is 0.678. The molecule has 0 bridgehead atoms. The molecule has 2 aromatic carbocycles. The molecule has 4 heteroatoms. The SMILES string of the molecule is CCc1c(-c2ccccc2)c(C(N)=O)c(C)n1CCc1ccc(OC)cc1. The number of nitrogens with zero attached hydrogens (tertiary/aromatic N) is 1. The Balaban J connectivity index is 2.00. The van der Waals surface area contributed by atoms with Crippen LogP contribution in [0.2, 0.25) is 0 Å². The van der Waals surface area contributed by atoms with Gasteiger partial charge in [0.15, 0.2) is 0 Å². The molecule has 4 nitrogen and oxygen atoms in total. The summed E-state index contributed by atoms with van der Waals surface area (Å²) in [5, 5.41) is 0. The van der Waals surface area contributed by atoms with Crippen molar-refractivity contribution in [2.75, 3.05) is 7.11 Å². The number of hydrogen-bond donors (Lipinski definition) is 1. The number of carbonyl (C=O) groups excluding carboxylic acids is 1. The molecule has 3 aromatic rings. The highest BCUT2D eigenvalue weighted by Crippen LogP contribution is 2.33. The molecule has 0 aliphatic rings. The molecule has 140 valence electrons. The van der Waals surface area contributed by atoms with Crippen LogP contribution in [0.25, 0.3) is 11.1 Å². The van der Waals surface area contributed by atoms with Gasteiger partial charge in [-0.2, -0.15) is 0 Å². The van der Waals surface area contributed by atoms with Gasteiger partial charge in [-0.15, -0.1) is 0 Å². The third-order valence-corrected chi connectivity index (χ3v) is 5.06. The van der Waals surface area contributed by atoms with E-state index in [4.69, 9.17) is 10.5 Å². The number of nitrogens with two attached hydrogens (primary N) is 1. The maximum absolute atomic E-state index is 12.2. The van der Waals surface area contributed by atoms with Crippen molar-refractivity contribution in [3.05, 3.63) is 77.1 Å². The van der Waals surface area contributed by atoms with Crippen LogP contribution >= 0.6 is 0 Å². The van der Waals surface area contributed by atoms with E-state index in [1.807, 2.05) is 49.4 Å². The van der Waals surface area contributed by atoms with E-state index < -0.39 is 0 Å². The van der Waals surface area contributed by atoms with Crippen molar-refractivity contribution in [2.45, 2.75) is 33.2 Å². The van der Waals surface area contributed by atoms with Gasteiger partial charge in [0.25, 0.3) is 5.91 Å². The fourth-order valence-electron chi connectivity index (χ4n) is 3.72. The first kappa shape index (κ1) is 18.8. The Morgan fingerprint density at radius 2 is 1.74 bits per heavy atom. The van der Waals surface area contributed by atoms with Crippen LogP contribution in [0.5, 0.6) is 5.75 Å². The van der Waals surface area contributed by atoms with E-state index in [-0.39, 0.29) is 5.91 Å². The number of methoxy groups -OCH3 is 1. The van der Waals surface area contributed by atoms with E-state index in [0.29, 0.717) is 5.56 Å². The van der Waals surface area contributed by atoms with E-state index in [1.54, 1.807) is 7.11 Å². The number of ether oxygens (including phenoxy) is 1. The first-order chi connectivity index (χ1) is 13.1. The first-order valence-corrected chi connectivity index (χ1v) is 9.26. The van der Waals surface area contributed by atoms with E-state index in [0.717, 1.165) is 47.7 Å². The number of aromatic nitrogens is 1. The van der Waals surface area contributed by atoms with Gasteiger partial charge in [0, 0.05) is 23.5 Å². The Kier molecular flexibility index (Phi) is 5.65. The van der Waals surface area contributed by atoms with Gasteiger partial charge < -0.3 is 15.0 Å². The minimum Gasteiger partial charge on any atom is -0.497 e. The molecule has 0 saturated carbocycles. The van der Waals surface area contributed by atoms with Crippen LogP contribution in [-0.4, -0.2) is 17.6 Å². The molecule has 0 unspecified atom stereocenters. The molecule has 0 fully saturated rings. The van der Waals surface area contributed by atoms with Crippen molar-refractivity contribution in [1.82, 2.24) is 4.57 Å². The second-order valence-corrected chi connectivity index (χ2v) is 6.62. The summed E-state index contributed by atoms with van der Waals surface area (Å²) in [5.41, 5.74) is 11.7. The molecule has 0 radical (unpaired) electrons. The standard InChI is InChI=1S/C23H26N2O2/c1-4-20-22(18-8-6-5-7-9-18)21(23(24)26)16(2)25(20)15-14-17-10-12-19(27-3)13-11-17/h5-13H,4,14-15H2,1-3H3,(H2,24,26). The zero-order chi connectivity index (χ0) is 19.4. The molecule has 0 atom stereocenters. The average Bonchev–Trinajstić information content (AvgIpc) is 2.99. The topological polar surface area (TPSA) is 57.2 Å². The lowest BCUT2D eigenvalue weighted by Gasteiger charge is -2.12. The van der Waals surface area contributed by atoms with Crippen molar-refractivity contribution >= 4 is 5.91 Å². The molecular formula is C23H26N2O2. The molecule has 3 rings (SSSR count). The summed E-state index contributed by atoms with van der Waals surface area (Å²) in [4.78, 5) is 12.2. The lowest BCUT2D eigenvalue weighted by Crippen LogP contribution is -2.13. The van der Waals surface area contributed by atoms with Gasteiger partial charge >= 0.3 is 0 Å². The Labute approximate surface area is 160 Å². The normalized spacial score (nSPS) is 10.8. The predicted molar refractivity (Wildman–Crippen MR) is 109 cm³/mol. The largest absolute Gasteiger partial charge is 0.497 e. The molecule has 1 heterocycles. The monoisotopic (exact) mass is 362 g/mol. The Morgan fingerprint density at radius 3 is 2.30 bits per heavy atom. The van der Waals surface area contributed by atoms with Gasteiger partial charge in [0.1, 0.15) is 5.75 Å². The van der Waals surface area contributed by atoms with Crippen molar-refractivity contribution in [1.29, 1.82) is 0 Å². The summed E-state index contributed by atoms with van der Waals surface area (Å²) in [6.45, 7) is 4.91. The molecule has 27 heavy (non-hydrogen) atoms. The number of aryl methyl sites for hydroxylation is 1. The lowest BCUT2D eigenvalue weighted by atomic mass is 9.99. The summed E-state index contributed by atoms with van der Waals surface area (Å²) >= 11 is 0. The fourth-order valence-corrected chi connectivity index (χ4v) is 3.72. The number of benzene rings is 2. The third kappa shape index (κ3) is 3.75. The highest BCUT2D eigenvalue weighted by atomic mass is 16.5. The lowest BCUT2D eigenvalue weighted by molar-refractivity contribution is 0.1000. The van der Waals surface area contributed by atoms with E-state index >= 15 is 0 Å². The fraction of sp³-hybridized carbons (Fsp3) is 0.261. The van der Waals surface area contributed by atoms with Gasteiger partial charge in [-0.05, 0) is 43.0 Å². The van der Waals surface area contributed by atoms with Gasteiger partial charge in [-0.3, -0.25) is 4.79 Å². The second-order valence-electron chi connectivity index (χ2n) is 6.62. The molecule has 1 amide bonds. The van der Waals surface area contributed by atoms with E-state index in [2.05, 4.69) is 23.6 Å². The molecule has 0 aliphatic heterocycles. The predicted octanol–water partition coefficient (Wildman–Crippen LogP) is 4.38. The van der Waals surface area contributed by atoms with Gasteiger partial charge in [0.05, 0.1) is 12.7 Å². The maximum Gasteiger partial charge on any atom is 0.251 e. The van der Waals surface area contributed by atoms with Crippen molar-refractivity contribution in [3.63, 3.8) is 0 Å². The number of rotatable bonds is 7.